The van der Waals surface area contributed by atoms with Gasteiger partial charge in [0.05, 0.1) is 11.0 Å². The quantitative estimate of drug-likeness (QED) is 0.500. The first-order valence-electron chi connectivity index (χ1n) is 8.00. The molecule has 25 heavy (non-hydrogen) atoms. The molecule has 1 aliphatic rings. The third-order valence-electron chi connectivity index (χ3n) is 4.55. The van der Waals surface area contributed by atoms with Gasteiger partial charge in [0.15, 0.2) is 12.1 Å². The molecule has 0 fully saturated rings. The van der Waals surface area contributed by atoms with E-state index in [9.17, 15) is 5.11 Å². The number of aliphatic imine (C=N–C) groups is 1. The average Bonchev–Trinajstić information content (AvgIpc) is 2.99. The number of anilines is 1. The van der Waals surface area contributed by atoms with Crippen molar-refractivity contribution >= 4 is 33.7 Å². The normalized spacial score (nSPS) is 16.5. The fourth-order valence-electron chi connectivity index (χ4n) is 3.47. The van der Waals surface area contributed by atoms with Crippen molar-refractivity contribution in [3.63, 3.8) is 0 Å². The molecule has 4 aromatic rings. The number of nitrogens with one attached hydrogen (secondary N) is 1. The molecule has 5 rings (SSSR count). The largest absolute Gasteiger partial charge is 0.507 e. The molecule has 2 heterocycles. The smallest absolute Gasteiger partial charge is 0.212 e. The molecule has 0 saturated heterocycles. The summed E-state index contributed by atoms with van der Waals surface area (Å²) >= 11 is 0. The lowest BCUT2D eigenvalue weighted by atomic mass is 10.0. The summed E-state index contributed by atoms with van der Waals surface area (Å²) in [4.78, 5) is 9.17. The number of imidazole rings is 1. The standard InChI is InChI=1S/C19H15N5O/c20-18-22-17(16-12-6-2-1-5-11(12)9-10-15(16)25)24-14-8-4-3-7-13(14)21-19(24)23-18/h1-10,17,25H,(H3,20,21,22,23). The highest BCUT2D eigenvalue weighted by molar-refractivity contribution is 5.96. The summed E-state index contributed by atoms with van der Waals surface area (Å²) in [5, 5.41) is 15.6. The number of phenols is 1. The van der Waals surface area contributed by atoms with Gasteiger partial charge in [-0.2, -0.15) is 0 Å². The van der Waals surface area contributed by atoms with E-state index in [0.717, 1.165) is 21.8 Å². The van der Waals surface area contributed by atoms with Gasteiger partial charge in [0.25, 0.3) is 0 Å². The number of hydrogen-bond donors (Lipinski definition) is 3. The minimum Gasteiger partial charge on any atom is -0.507 e. The van der Waals surface area contributed by atoms with Crippen LogP contribution < -0.4 is 11.1 Å². The number of nitrogens with two attached hydrogens (primary N) is 1. The van der Waals surface area contributed by atoms with Crippen molar-refractivity contribution in [1.82, 2.24) is 9.55 Å². The molecule has 0 spiro atoms. The summed E-state index contributed by atoms with van der Waals surface area (Å²) in [7, 11) is 0. The molecule has 1 aliphatic heterocycles. The number of fused-ring (bicyclic) bond motifs is 4. The average molecular weight is 329 g/mol. The maximum Gasteiger partial charge on any atom is 0.212 e. The molecule has 1 atom stereocenters. The van der Waals surface area contributed by atoms with Crippen molar-refractivity contribution in [1.29, 1.82) is 0 Å². The van der Waals surface area contributed by atoms with Gasteiger partial charge < -0.3 is 10.8 Å². The molecule has 0 radical (unpaired) electrons. The van der Waals surface area contributed by atoms with Gasteiger partial charge in [0.2, 0.25) is 5.95 Å². The SMILES string of the molecule is NC1=NC(c2c(O)ccc3ccccc23)n2c(nc3ccccc32)N1. The summed E-state index contributed by atoms with van der Waals surface area (Å²) in [5.74, 6) is 1.08. The molecule has 0 saturated carbocycles. The van der Waals surface area contributed by atoms with Crippen molar-refractivity contribution < 1.29 is 5.11 Å². The first-order valence-corrected chi connectivity index (χ1v) is 8.00. The molecule has 0 bridgehead atoms. The van der Waals surface area contributed by atoms with Crippen LogP contribution in [-0.2, 0) is 0 Å². The molecule has 122 valence electrons. The Kier molecular flexibility index (Phi) is 2.76. The lowest BCUT2D eigenvalue weighted by molar-refractivity contribution is 0.458. The summed E-state index contributed by atoms with van der Waals surface area (Å²) in [6.07, 6.45) is -0.491. The zero-order valence-electron chi connectivity index (χ0n) is 13.2. The van der Waals surface area contributed by atoms with Crippen molar-refractivity contribution in [3.8, 4) is 5.75 Å². The third kappa shape index (κ3) is 1.97. The van der Waals surface area contributed by atoms with E-state index in [1.54, 1.807) is 6.07 Å². The molecule has 3 aromatic carbocycles. The Morgan fingerprint density at radius 3 is 2.72 bits per heavy atom. The van der Waals surface area contributed by atoms with Crippen LogP contribution >= 0.6 is 0 Å². The number of benzene rings is 3. The fourth-order valence-corrected chi connectivity index (χ4v) is 3.47. The minimum atomic E-state index is -0.491. The fraction of sp³-hybridized carbons (Fsp3) is 0.0526. The molecule has 0 amide bonds. The molecule has 6 nitrogen and oxygen atoms in total. The predicted octanol–water partition coefficient (Wildman–Crippen LogP) is 3.18. The van der Waals surface area contributed by atoms with Gasteiger partial charge in [-0.3, -0.25) is 9.88 Å². The Bertz CT molecular complexity index is 1160. The highest BCUT2D eigenvalue weighted by atomic mass is 16.3. The van der Waals surface area contributed by atoms with Crippen molar-refractivity contribution in [2.24, 2.45) is 10.7 Å². The van der Waals surface area contributed by atoms with Crippen LogP contribution in [0, 0.1) is 0 Å². The number of aromatic hydroxyl groups is 1. The van der Waals surface area contributed by atoms with Crippen LogP contribution in [0.4, 0.5) is 5.95 Å². The second kappa shape index (κ2) is 4.98. The van der Waals surface area contributed by atoms with E-state index in [2.05, 4.69) is 15.3 Å². The van der Waals surface area contributed by atoms with Gasteiger partial charge in [0, 0.05) is 5.56 Å². The minimum absolute atomic E-state index is 0.186. The summed E-state index contributed by atoms with van der Waals surface area (Å²) in [5.41, 5.74) is 8.49. The molecule has 1 aromatic heterocycles. The van der Waals surface area contributed by atoms with E-state index in [1.165, 1.54) is 0 Å². The molecule has 0 aliphatic carbocycles. The van der Waals surface area contributed by atoms with Crippen LogP contribution in [0.5, 0.6) is 5.75 Å². The third-order valence-corrected chi connectivity index (χ3v) is 4.55. The number of hydrogen-bond acceptors (Lipinski definition) is 5. The van der Waals surface area contributed by atoms with E-state index in [4.69, 9.17) is 5.73 Å². The maximum absolute atomic E-state index is 10.6. The molecule has 4 N–H and O–H groups in total. The second-order valence-electron chi connectivity index (χ2n) is 6.03. The number of para-hydroxylation sites is 2. The maximum atomic E-state index is 10.6. The van der Waals surface area contributed by atoms with Crippen LogP contribution in [0.2, 0.25) is 0 Å². The summed E-state index contributed by atoms with van der Waals surface area (Å²) in [6, 6.07) is 19.3. The van der Waals surface area contributed by atoms with Crippen molar-refractivity contribution in [3.05, 3.63) is 66.2 Å². The molecular weight excluding hydrogens is 314 g/mol. The van der Waals surface area contributed by atoms with E-state index >= 15 is 0 Å². The van der Waals surface area contributed by atoms with Gasteiger partial charge in [0.1, 0.15) is 5.75 Å². The van der Waals surface area contributed by atoms with Gasteiger partial charge >= 0.3 is 0 Å². The lowest BCUT2D eigenvalue weighted by Crippen LogP contribution is -2.31. The monoisotopic (exact) mass is 329 g/mol. The summed E-state index contributed by atoms with van der Waals surface area (Å²) in [6.45, 7) is 0. The van der Waals surface area contributed by atoms with E-state index < -0.39 is 6.17 Å². The number of aromatic nitrogens is 2. The number of guanidine groups is 1. The van der Waals surface area contributed by atoms with Crippen LogP contribution in [0.25, 0.3) is 21.8 Å². The van der Waals surface area contributed by atoms with Gasteiger partial charge in [-0.25, -0.2) is 9.98 Å². The number of nitrogens with zero attached hydrogens (tertiary/aromatic N) is 3. The van der Waals surface area contributed by atoms with Crippen molar-refractivity contribution in [2.45, 2.75) is 6.17 Å². The van der Waals surface area contributed by atoms with Crippen molar-refractivity contribution in [2.75, 3.05) is 5.32 Å². The van der Waals surface area contributed by atoms with E-state index in [-0.39, 0.29) is 11.7 Å². The zero-order valence-corrected chi connectivity index (χ0v) is 13.2. The number of phenolic OH excluding ortho intramolecular Hbond substituents is 1. The molecule has 1 unspecified atom stereocenters. The topological polar surface area (TPSA) is 88.5 Å². The van der Waals surface area contributed by atoms with Crippen LogP contribution in [0.3, 0.4) is 0 Å². The first kappa shape index (κ1) is 13.9. The van der Waals surface area contributed by atoms with E-state index in [1.807, 2.05) is 59.2 Å². The summed E-state index contributed by atoms with van der Waals surface area (Å²) < 4.78 is 1.97. The lowest BCUT2D eigenvalue weighted by Gasteiger charge is -2.25. The zero-order chi connectivity index (χ0) is 17.0. The Labute approximate surface area is 143 Å². The highest BCUT2D eigenvalue weighted by Gasteiger charge is 2.28. The number of rotatable bonds is 1. The Hall–Kier alpha value is -3.54. The van der Waals surface area contributed by atoms with Gasteiger partial charge in [-0.05, 0) is 29.0 Å². The predicted molar refractivity (Wildman–Crippen MR) is 98.7 cm³/mol. The Balaban J connectivity index is 1.86. The van der Waals surface area contributed by atoms with Crippen LogP contribution in [0.15, 0.2) is 65.7 Å². The second-order valence-corrected chi connectivity index (χ2v) is 6.03. The molecular formula is C19H15N5O. The van der Waals surface area contributed by atoms with Crippen LogP contribution in [0.1, 0.15) is 11.7 Å². The Morgan fingerprint density at radius 1 is 1.00 bits per heavy atom. The highest BCUT2D eigenvalue weighted by Crippen LogP contribution is 2.39. The van der Waals surface area contributed by atoms with Gasteiger partial charge in [-0.15, -0.1) is 0 Å². The molecule has 6 heteroatoms. The Morgan fingerprint density at radius 2 is 1.80 bits per heavy atom. The first-order chi connectivity index (χ1) is 12.2. The van der Waals surface area contributed by atoms with Crippen LogP contribution in [-0.4, -0.2) is 20.6 Å². The van der Waals surface area contributed by atoms with Gasteiger partial charge in [-0.1, -0.05) is 42.5 Å². The van der Waals surface area contributed by atoms with E-state index in [0.29, 0.717) is 11.5 Å².